The molecule has 0 bridgehead atoms. The normalized spacial score (nSPS) is 15.2. The van der Waals surface area contributed by atoms with E-state index in [-0.39, 0.29) is 0 Å². The summed E-state index contributed by atoms with van der Waals surface area (Å²) in [6.07, 6.45) is 2.02. The lowest BCUT2D eigenvalue weighted by atomic mass is 9.96. The third kappa shape index (κ3) is 5.70. The molecule has 1 aromatic heterocycles. The Bertz CT molecular complexity index is 805. The summed E-state index contributed by atoms with van der Waals surface area (Å²) in [5, 5.41) is 10.0. The molecule has 3 rings (SSSR count). The van der Waals surface area contributed by atoms with Crippen molar-refractivity contribution in [3.05, 3.63) is 45.6 Å². The van der Waals surface area contributed by atoms with Gasteiger partial charge in [0.1, 0.15) is 5.75 Å². The second kappa shape index (κ2) is 9.91. The van der Waals surface area contributed by atoms with Crippen molar-refractivity contribution >= 4 is 40.4 Å². The van der Waals surface area contributed by atoms with Gasteiger partial charge >= 0.3 is 11.8 Å². The van der Waals surface area contributed by atoms with Crippen molar-refractivity contribution in [1.29, 1.82) is 0 Å². The minimum Gasteiger partial charge on any atom is -0.495 e. The van der Waals surface area contributed by atoms with Gasteiger partial charge in [0.2, 0.25) is 0 Å². The first-order valence-corrected chi connectivity index (χ1v) is 10.5. The number of rotatable bonds is 6. The second-order valence-electron chi connectivity index (χ2n) is 6.86. The lowest BCUT2D eigenvalue weighted by Crippen LogP contribution is -2.41. The quantitative estimate of drug-likeness (QED) is 0.701. The number of anilines is 1. The number of hydrogen-bond donors (Lipinski definition) is 2. The molecular weight excluding hydrogens is 398 g/mol. The number of carbonyl (C=O) groups is 2. The van der Waals surface area contributed by atoms with Gasteiger partial charge in [0.25, 0.3) is 0 Å². The highest BCUT2D eigenvalue weighted by molar-refractivity contribution is 7.07. The monoisotopic (exact) mass is 421 g/mol. The highest BCUT2D eigenvalue weighted by Crippen LogP contribution is 2.27. The molecule has 0 radical (unpaired) electrons. The van der Waals surface area contributed by atoms with E-state index in [1.54, 1.807) is 29.5 Å². The Kier molecular flexibility index (Phi) is 7.30. The molecule has 1 aliphatic heterocycles. The van der Waals surface area contributed by atoms with E-state index in [2.05, 4.69) is 32.4 Å². The van der Waals surface area contributed by atoms with Crippen LogP contribution < -0.4 is 15.4 Å². The molecule has 0 saturated carbocycles. The van der Waals surface area contributed by atoms with Gasteiger partial charge in [-0.25, -0.2) is 0 Å². The number of methoxy groups -OCH3 is 1. The molecule has 2 aromatic rings. The van der Waals surface area contributed by atoms with Crippen LogP contribution in [0.25, 0.3) is 0 Å². The summed E-state index contributed by atoms with van der Waals surface area (Å²) >= 11 is 7.66. The Hall–Kier alpha value is -2.09. The molecule has 6 nitrogen and oxygen atoms in total. The molecule has 2 heterocycles. The average Bonchev–Trinajstić information content (AvgIpc) is 3.20. The molecule has 0 aliphatic carbocycles. The van der Waals surface area contributed by atoms with Crippen molar-refractivity contribution in [2.24, 2.45) is 5.92 Å². The minimum absolute atomic E-state index is 0.372. The fourth-order valence-electron chi connectivity index (χ4n) is 3.26. The van der Waals surface area contributed by atoms with E-state index in [1.165, 1.54) is 12.7 Å². The third-order valence-electron chi connectivity index (χ3n) is 4.86. The molecular formula is C20H24ClN3O3S. The van der Waals surface area contributed by atoms with E-state index in [1.807, 2.05) is 0 Å². The van der Waals surface area contributed by atoms with Crippen LogP contribution in [-0.2, 0) is 16.1 Å². The van der Waals surface area contributed by atoms with Crippen molar-refractivity contribution in [3.8, 4) is 5.75 Å². The van der Waals surface area contributed by atoms with E-state index in [0.29, 0.717) is 28.9 Å². The van der Waals surface area contributed by atoms with Crippen LogP contribution in [-0.4, -0.2) is 43.5 Å². The van der Waals surface area contributed by atoms with E-state index >= 15 is 0 Å². The van der Waals surface area contributed by atoms with Gasteiger partial charge in [0.05, 0.1) is 12.8 Å². The predicted molar refractivity (Wildman–Crippen MR) is 112 cm³/mol. The summed E-state index contributed by atoms with van der Waals surface area (Å²) in [6.45, 7) is 3.49. The first kappa shape index (κ1) is 20.6. The number of hydrogen-bond acceptors (Lipinski definition) is 5. The third-order valence-corrected chi connectivity index (χ3v) is 5.83. The van der Waals surface area contributed by atoms with Gasteiger partial charge in [-0.2, -0.15) is 11.3 Å². The van der Waals surface area contributed by atoms with Gasteiger partial charge in [-0.15, -0.1) is 0 Å². The standard InChI is InChI=1S/C20H24ClN3O3S/c1-27-18-3-2-16(21)10-17(18)23-20(26)19(25)22-11-14-4-7-24(8-5-14)12-15-6-9-28-13-15/h2-3,6,9-10,13-14H,4-5,7-8,11-12H2,1H3,(H,22,25)(H,23,26). The predicted octanol–water partition coefficient (Wildman–Crippen LogP) is 3.38. The summed E-state index contributed by atoms with van der Waals surface area (Å²) in [7, 11) is 1.49. The van der Waals surface area contributed by atoms with Gasteiger partial charge in [-0.1, -0.05) is 11.6 Å². The Morgan fingerprint density at radius 3 is 2.71 bits per heavy atom. The molecule has 2 amide bonds. The number of carbonyl (C=O) groups excluding carboxylic acids is 2. The highest BCUT2D eigenvalue weighted by atomic mass is 35.5. The number of nitrogens with one attached hydrogen (secondary N) is 2. The summed E-state index contributed by atoms with van der Waals surface area (Å²) in [6, 6.07) is 7.00. The maximum absolute atomic E-state index is 12.2. The smallest absolute Gasteiger partial charge is 0.313 e. The molecule has 2 N–H and O–H groups in total. The van der Waals surface area contributed by atoms with Crippen molar-refractivity contribution in [2.75, 3.05) is 32.1 Å². The lowest BCUT2D eigenvalue weighted by Gasteiger charge is -2.31. The SMILES string of the molecule is COc1ccc(Cl)cc1NC(=O)C(=O)NCC1CCN(Cc2ccsc2)CC1. The van der Waals surface area contributed by atoms with Crippen LogP contribution in [0, 0.1) is 5.92 Å². The van der Waals surface area contributed by atoms with Gasteiger partial charge in [0, 0.05) is 18.1 Å². The molecule has 28 heavy (non-hydrogen) atoms. The van der Waals surface area contributed by atoms with Gasteiger partial charge in [-0.05, 0) is 72.4 Å². The van der Waals surface area contributed by atoms with Gasteiger partial charge < -0.3 is 15.4 Å². The van der Waals surface area contributed by atoms with Crippen LogP contribution in [0.3, 0.4) is 0 Å². The Morgan fingerprint density at radius 2 is 2.04 bits per heavy atom. The Labute approximate surface area is 173 Å². The Morgan fingerprint density at radius 1 is 1.25 bits per heavy atom. The topological polar surface area (TPSA) is 70.7 Å². The summed E-state index contributed by atoms with van der Waals surface area (Å²) < 4.78 is 5.17. The summed E-state index contributed by atoms with van der Waals surface area (Å²) in [5.74, 6) is -0.544. The van der Waals surface area contributed by atoms with Gasteiger partial charge in [0.15, 0.2) is 0 Å². The molecule has 0 unspecified atom stereocenters. The number of piperidine rings is 1. The van der Waals surface area contributed by atoms with Crippen LogP contribution in [0.15, 0.2) is 35.0 Å². The molecule has 1 aromatic carbocycles. The molecule has 8 heteroatoms. The van der Waals surface area contributed by atoms with Crippen LogP contribution in [0.4, 0.5) is 5.69 Å². The summed E-state index contributed by atoms with van der Waals surface area (Å²) in [4.78, 5) is 26.7. The van der Waals surface area contributed by atoms with Crippen molar-refractivity contribution < 1.29 is 14.3 Å². The van der Waals surface area contributed by atoms with Crippen LogP contribution in [0.1, 0.15) is 18.4 Å². The van der Waals surface area contributed by atoms with E-state index < -0.39 is 11.8 Å². The first-order chi connectivity index (χ1) is 13.5. The fourth-order valence-corrected chi connectivity index (χ4v) is 4.10. The molecule has 1 fully saturated rings. The van der Waals surface area contributed by atoms with Gasteiger partial charge in [-0.3, -0.25) is 14.5 Å². The molecule has 150 valence electrons. The van der Waals surface area contributed by atoms with Crippen LogP contribution >= 0.6 is 22.9 Å². The maximum atomic E-state index is 12.2. The fraction of sp³-hybridized carbons (Fsp3) is 0.400. The van der Waals surface area contributed by atoms with Crippen molar-refractivity contribution in [3.63, 3.8) is 0 Å². The number of thiophene rings is 1. The first-order valence-electron chi connectivity index (χ1n) is 9.21. The van der Waals surface area contributed by atoms with Crippen LogP contribution in [0.5, 0.6) is 5.75 Å². The second-order valence-corrected chi connectivity index (χ2v) is 8.08. The zero-order valence-corrected chi connectivity index (χ0v) is 17.3. The average molecular weight is 422 g/mol. The number of amides is 2. The minimum atomic E-state index is -0.726. The van der Waals surface area contributed by atoms with Crippen molar-refractivity contribution in [2.45, 2.75) is 19.4 Å². The van der Waals surface area contributed by atoms with E-state index in [0.717, 1.165) is 32.5 Å². The largest absolute Gasteiger partial charge is 0.495 e. The number of nitrogens with zero attached hydrogens (tertiary/aromatic N) is 1. The lowest BCUT2D eigenvalue weighted by molar-refractivity contribution is -0.136. The number of ether oxygens (including phenoxy) is 1. The number of halogens is 1. The van der Waals surface area contributed by atoms with E-state index in [9.17, 15) is 9.59 Å². The highest BCUT2D eigenvalue weighted by Gasteiger charge is 2.22. The summed E-state index contributed by atoms with van der Waals surface area (Å²) in [5.41, 5.74) is 1.72. The zero-order chi connectivity index (χ0) is 19.9. The molecule has 0 atom stereocenters. The van der Waals surface area contributed by atoms with Crippen LogP contribution in [0.2, 0.25) is 5.02 Å². The maximum Gasteiger partial charge on any atom is 0.313 e. The molecule has 0 spiro atoms. The zero-order valence-electron chi connectivity index (χ0n) is 15.7. The number of benzene rings is 1. The molecule has 1 saturated heterocycles. The number of likely N-dealkylation sites (tertiary alicyclic amines) is 1. The van der Waals surface area contributed by atoms with E-state index in [4.69, 9.17) is 16.3 Å². The Balaban J connectivity index is 1.42. The molecule has 1 aliphatic rings. The van der Waals surface area contributed by atoms with Crippen molar-refractivity contribution in [1.82, 2.24) is 10.2 Å².